The van der Waals surface area contributed by atoms with Gasteiger partial charge in [-0.2, -0.15) is 0 Å². The van der Waals surface area contributed by atoms with Crippen molar-refractivity contribution < 1.29 is 19.1 Å². The van der Waals surface area contributed by atoms with Gasteiger partial charge in [-0.05, 0) is 31.9 Å². The summed E-state index contributed by atoms with van der Waals surface area (Å²) < 4.78 is 12.0. The smallest absolute Gasteiger partial charge is 0.247 e. The first-order valence-electron chi connectivity index (χ1n) is 10.1. The highest BCUT2D eigenvalue weighted by molar-refractivity contribution is 5.73. The summed E-state index contributed by atoms with van der Waals surface area (Å²) in [5, 5.41) is 22.0. The summed E-state index contributed by atoms with van der Waals surface area (Å²) in [6.07, 6.45) is 2.14. The summed E-state index contributed by atoms with van der Waals surface area (Å²) in [6, 6.07) is 9.36. The van der Waals surface area contributed by atoms with E-state index in [-0.39, 0.29) is 17.6 Å². The number of hydrogen-bond acceptors (Lipinski definition) is 7. The molecule has 0 saturated carbocycles. The number of hydrogen-bond donors (Lipinski definition) is 2. The maximum absolute atomic E-state index is 11.4. The maximum Gasteiger partial charge on any atom is 0.247 e. The topological polar surface area (TPSA) is 101 Å². The van der Waals surface area contributed by atoms with Crippen molar-refractivity contribution in [3.8, 4) is 11.5 Å². The highest BCUT2D eigenvalue weighted by Crippen LogP contribution is 2.39. The Morgan fingerprint density at radius 1 is 1.28 bits per heavy atom. The molecule has 2 aliphatic heterocycles. The number of carbonyl (C=O) groups is 1. The SMILES string of the molecule is CC(=O)N[C@H]1COC2(CCN(Cc3nnc(-c4ccccc4)o3)CC2)C[C@]1(C)O. The van der Waals surface area contributed by atoms with Gasteiger partial charge in [0.25, 0.3) is 0 Å². The lowest BCUT2D eigenvalue weighted by Crippen LogP contribution is -2.63. The molecular weight excluding hydrogens is 372 g/mol. The number of ether oxygens (including phenoxy) is 1. The number of rotatable bonds is 4. The lowest BCUT2D eigenvalue weighted by molar-refractivity contribution is -0.189. The number of likely N-dealkylation sites (tertiary alicyclic amines) is 1. The molecule has 1 aromatic carbocycles. The molecule has 0 radical (unpaired) electrons. The van der Waals surface area contributed by atoms with Crippen LogP contribution in [0.15, 0.2) is 34.7 Å². The van der Waals surface area contributed by atoms with Gasteiger partial charge in [0.05, 0.1) is 30.4 Å². The molecule has 0 bridgehead atoms. The van der Waals surface area contributed by atoms with Gasteiger partial charge in [-0.15, -0.1) is 10.2 Å². The van der Waals surface area contributed by atoms with Crippen molar-refractivity contribution in [3.05, 3.63) is 36.2 Å². The lowest BCUT2D eigenvalue weighted by atomic mass is 9.75. The van der Waals surface area contributed by atoms with E-state index in [4.69, 9.17) is 9.15 Å². The van der Waals surface area contributed by atoms with E-state index in [2.05, 4.69) is 20.4 Å². The maximum atomic E-state index is 11.4. The Morgan fingerprint density at radius 3 is 2.66 bits per heavy atom. The molecule has 1 spiro atoms. The van der Waals surface area contributed by atoms with Crippen LogP contribution >= 0.6 is 0 Å². The van der Waals surface area contributed by atoms with Crippen LogP contribution in [0.4, 0.5) is 0 Å². The lowest BCUT2D eigenvalue weighted by Gasteiger charge is -2.51. The Labute approximate surface area is 170 Å². The number of aliphatic hydroxyl groups is 1. The van der Waals surface area contributed by atoms with Crippen LogP contribution in [0, 0.1) is 0 Å². The van der Waals surface area contributed by atoms with Crippen LogP contribution in [-0.2, 0) is 16.1 Å². The fourth-order valence-corrected chi connectivity index (χ4v) is 4.35. The van der Waals surface area contributed by atoms with Crippen LogP contribution in [0.25, 0.3) is 11.5 Å². The van der Waals surface area contributed by atoms with Gasteiger partial charge in [-0.3, -0.25) is 9.69 Å². The van der Waals surface area contributed by atoms with E-state index in [0.29, 0.717) is 31.4 Å². The first kappa shape index (κ1) is 20.0. The summed E-state index contributed by atoms with van der Waals surface area (Å²) in [5.41, 5.74) is -0.419. The van der Waals surface area contributed by atoms with Crippen molar-refractivity contribution in [1.29, 1.82) is 0 Å². The summed E-state index contributed by atoms with van der Waals surface area (Å²) in [5.74, 6) is 0.978. The van der Waals surface area contributed by atoms with Gasteiger partial charge in [-0.1, -0.05) is 18.2 Å². The zero-order valence-corrected chi connectivity index (χ0v) is 16.9. The van der Waals surface area contributed by atoms with E-state index in [0.717, 1.165) is 31.5 Å². The number of piperidine rings is 1. The van der Waals surface area contributed by atoms with Crippen LogP contribution in [-0.4, -0.2) is 63.1 Å². The Morgan fingerprint density at radius 2 is 2.00 bits per heavy atom. The third-order valence-electron chi connectivity index (χ3n) is 5.98. The second-order valence-corrected chi connectivity index (χ2v) is 8.42. The average molecular weight is 400 g/mol. The second kappa shape index (κ2) is 7.85. The van der Waals surface area contributed by atoms with Gasteiger partial charge in [-0.25, -0.2) is 0 Å². The Hall–Kier alpha value is -2.29. The van der Waals surface area contributed by atoms with Crippen LogP contribution in [0.1, 0.15) is 39.0 Å². The highest BCUT2D eigenvalue weighted by atomic mass is 16.5. The third kappa shape index (κ3) is 4.49. The van der Waals surface area contributed by atoms with E-state index in [1.807, 2.05) is 30.3 Å². The molecule has 2 fully saturated rings. The molecule has 8 heteroatoms. The van der Waals surface area contributed by atoms with E-state index >= 15 is 0 Å². The van der Waals surface area contributed by atoms with Crippen molar-refractivity contribution in [2.24, 2.45) is 0 Å². The normalized spacial score (nSPS) is 27.1. The van der Waals surface area contributed by atoms with Gasteiger partial charge in [0.1, 0.15) is 0 Å². The van der Waals surface area contributed by atoms with Crippen molar-refractivity contribution in [2.45, 2.75) is 56.9 Å². The molecule has 4 rings (SSSR count). The number of benzene rings is 1. The van der Waals surface area contributed by atoms with Crippen LogP contribution in [0.2, 0.25) is 0 Å². The van der Waals surface area contributed by atoms with E-state index in [1.54, 1.807) is 6.92 Å². The van der Waals surface area contributed by atoms with Gasteiger partial charge < -0.3 is 19.6 Å². The van der Waals surface area contributed by atoms with Crippen molar-refractivity contribution in [1.82, 2.24) is 20.4 Å². The Balaban J connectivity index is 1.33. The zero-order valence-electron chi connectivity index (χ0n) is 16.9. The predicted octanol–water partition coefficient (Wildman–Crippen LogP) is 1.75. The van der Waals surface area contributed by atoms with Crippen LogP contribution in [0.3, 0.4) is 0 Å². The minimum absolute atomic E-state index is 0.154. The number of nitrogens with one attached hydrogen (secondary N) is 1. The summed E-state index contributed by atoms with van der Waals surface area (Å²) in [7, 11) is 0. The minimum atomic E-state index is -0.983. The van der Waals surface area contributed by atoms with Crippen LogP contribution < -0.4 is 5.32 Å². The minimum Gasteiger partial charge on any atom is -0.419 e. The number of carbonyl (C=O) groups excluding carboxylic acids is 1. The van der Waals surface area contributed by atoms with Crippen molar-refractivity contribution in [2.75, 3.05) is 19.7 Å². The number of amides is 1. The van der Waals surface area contributed by atoms with Gasteiger partial charge >= 0.3 is 0 Å². The van der Waals surface area contributed by atoms with Crippen molar-refractivity contribution >= 4 is 5.91 Å². The first-order chi connectivity index (χ1) is 13.9. The van der Waals surface area contributed by atoms with E-state index < -0.39 is 5.60 Å². The molecular formula is C21H28N4O4. The van der Waals surface area contributed by atoms with Gasteiger partial charge in [0.15, 0.2) is 0 Å². The molecule has 0 unspecified atom stereocenters. The van der Waals surface area contributed by atoms with Gasteiger partial charge in [0.2, 0.25) is 17.7 Å². The fraction of sp³-hybridized carbons (Fsp3) is 0.571. The van der Waals surface area contributed by atoms with E-state index in [9.17, 15) is 9.90 Å². The molecule has 0 aliphatic carbocycles. The standard InChI is InChI=1S/C21H28N4O4/c1-15(26)22-17-13-28-21(14-20(17,2)27)8-10-25(11-9-21)12-18-23-24-19(29-18)16-6-4-3-5-7-16/h3-7,17,27H,8-14H2,1-2H3,(H,22,26)/t17-,20-/m0/s1. The molecule has 2 aliphatic rings. The highest BCUT2D eigenvalue weighted by Gasteiger charge is 2.49. The number of nitrogens with zero attached hydrogens (tertiary/aromatic N) is 3. The first-order valence-corrected chi connectivity index (χ1v) is 10.1. The molecule has 2 atom stereocenters. The molecule has 156 valence electrons. The van der Waals surface area contributed by atoms with Gasteiger partial charge in [0, 0.05) is 32.0 Å². The largest absolute Gasteiger partial charge is 0.419 e. The molecule has 2 saturated heterocycles. The molecule has 8 nitrogen and oxygen atoms in total. The molecule has 1 aromatic heterocycles. The summed E-state index contributed by atoms with van der Waals surface area (Å²) in [4.78, 5) is 13.6. The molecule has 1 amide bonds. The molecule has 2 N–H and O–H groups in total. The molecule has 29 heavy (non-hydrogen) atoms. The second-order valence-electron chi connectivity index (χ2n) is 8.42. The summed E-state index contributed by atoms with van der Waals surface area (Å²) >= 11 is 0. The van der Waals surface area contributed by atoms with Crippen LogP contribution in [0.5, 0.6) is 0 Å². The fourth-order valence-electron chi connectivity index (χ4n) is 4.35. The van der Waals surface area contributed by atoms with E-state index in [1.165, 1.54) is 6.92 Å². The quantitative estimate of drug-likeness (QED) is 0.806. The summed E-state index contributed by atoms with van der Waals surface area (Å²) in [6.45, 7) is 5.82. The van der Waals surface area contributed by atoms with Crippen molar-refractivity contribution in [3.63, 3.8) is 0 Å². The Bertz CT molecular complexity index is 843. The monoisotopic (exact) mass is 400 g/mol. The average Bonchev–Trinajstić information content (AvgIpc) is 3.15. The predicted molar refractivity (Wildman–Crippen MR) is 106 cm³/mol. The molecule has 2 aromatic rings. The Kier molecular flexibility index (Phi) is 5.42. The third-order valence-corrected chi connectivity index (χ3v) is 5.98. The zero-order chi connectivity index (χ0) is 20.5. The molecule has 3 heterocycles. The number of aromatic nitrogens is 2.